The third-order valence-corrected chi connectivity index (χ3v) is 7.46. The molecule has 0 spiro atoms. The van der Waals surface area contributed by atoms with Crippen LogP contribution in [-0.2, 0) is 5.44 Å². The van der Waals surface area contributed by atoms with E-state index >= 15 is 0 Å². The Morgan fingerprint density at radius 2 is 1.95 bits per heavy atom. The first kappa shape index (κ1) is 26.5. The molecule has 1 unspecified atom stereocenters. The molecule has 206 valence electrons. The lowest BCUT2D eigenvalue weighted by Crippen LogP contribution is -2.37. The topological polar surface area (TPSA) is 120 Å². The monoisotopic (exact) mass is 547 g/mol. The van der Waals surface area contributed by atoms with Crippen molar-refractivity contribution in [3.63, 3.8) is 0 Å². The lowest BCUT2D eigenvalue weighted by molar-refractivity contribution is 0.443. The van der Waals surface area contributed by atoms with Crippen molar-refractivity contribution in [2.45, 2.75) is 45.1 Å². The van der Waals surface area contributed by atoms with Crippen LogP contribution in [0.15, 0.2) is 61.2 Å². The van der Waals surface area contributed by atoms with Gasteiger partial charge in [-0.3, -0.25) is 10.1 Å². The number of rotatable bonds is 8. The number of hydrogen-bond donors (Lipinski definition) is 3. The molecule has 3 heterocycles. The fraction of sp³-hybridized carbons (Fsp3) is 0.300. The van der Waals surface area contributed by atoms with Crippen molar-refractivity contribution in [2.75, 3.05) is 17.2 Å². The van der Waals surface area contributed by atoms with Crippen molar-refractivity contribution in [3.05, 3.63) is 83.8 Å². The number of anilines is 2. The third-order valence-electron chi connectivity index (χ3n) is 7.46. The number of nitrogens with zero attached hydrogens (tertiary/aromatic N) is 6. The maximum absolute atomic E-state index is 14.0. The minimum absolute atomic E-state index is 0.0138. The number of hydrogen-bond acceptors (Lipinski definition) is 7. The molecular weight excluding hydrogens is 516 g/mol. The van der Waals surface area contributed by atoms with Crippen LogP contribution in [0.4, 0.5) is 15.8 Å². The normalized spacial score (nSPS) is 14.9. The van der Waals surface area contributed by atoms with Gasteiger partial charge in [0.1, 0.15) is 25.4 Å². The number of nitriles is 1. The van der Waals surface area contributed by atoms with E-state index in [0.29, 0.717) is 18.2 Å². The van der Waals surface area contributed by atoms with Crippen LogP contribution < -0.4 is 10.6 Å². The Morgan fingerprint density at radius 3 is 2.61 bits per heavy atom. The quantitative estimate of drug-likeness (QED) is 0.235. The van der Waals surface area contributed by atoms with Gasteiger partial charge in [-0.15, -0.1) is 5.10 Å². The number of H-pyrrole nitrogens is 1. The molecule has 3 N–H and O–H groups in total. The molecule has 0 saturated heterocycles. The molecule has 1 saturated carbocycles. The van der Waals surface area contributed by atoms with Crippen molar-refractivity contribution in [1.29, 1.82) is 5.26 Å². The van der Waals surface area contributed by atoms with Gasteiger partial charge < -0.3 is 10.6 Å². The summed E-state index contributed by atoms with van der Waals surface area (Å²) in [5.41, 5.74) is 5.12. The highest BCUT2D eigenvalue weighted by Crippen LogP contribution is 2.40. The van der Waals surface area contributed by atoms with Gasteiger partial charge in [0.15, 0.2) is 0 Å². The van der Waals surface area contributed by atoms with Gasteiger partial charge in [-0.25, -0.2) is 9.07 Å². The fourth-order valence-electron chi connectivity index (χ4n) is 5.00. The summed E-state index contributed by atoms with van der Waals surface area (Å²) < 4.78 is 15.9. The molecule has 11 heteroatoms. The van der Waals surface area contributed by atoms with Crippen LogP contribution in [0.25, 0.3) is 22.0 Å². The maximum Gasteiger partial charge on any atom is 0.148 e. The number of benzene rings is 2. The first-order chi connectivity index (χ1) is 19.6. The van der Waals surface area contributed by atoms with Crippen LogP contribution in [0.3, 0.4) is 0 Å². The first-order valence-electron chi connectivity index (χ1n) is 13.7. The minimum Gasteiger partial charge on any atom is -0.383 e. The molecular formula is C30H31BFN9. The Bertz CT molecular complexity index is 1750. The predicted molar refractivity (Wildman–Crippen MR) is 160 cm³/mol. The summed E-state index contributed by atoms with van der Waals surface area (Å²) in [5, 5.41) is 34.0. The van der Waals surface area contributed by atoms with Gasteiger partial charge in [0, 0.05) is 41.1 Å². The molecule has 0 aliphatic heterocycles. The standard InChI is InChI=1S/C30H31BFN9/c1-29(2,3)17-35-27-18(12-33)13-34-28-24(19-14-36-37-15-19)10-22(11-25(27)28)38-30(31,20-4-6-21(32)7-5-20)26-16-41(40-39-26)23-8-9-23/h4-7,10-11,13-16,23,38H,8-9,17,31H2,1-3H3,(H,34,35)(H,36,37). The number of pyridine rings is 1. The average molecular weight is 547 g/mol. The summed E-state index contributed by atoms with van der Waals surface area (Å²) in [5.74, 6) is -0.310. The summed E-state index contributed by atoms with van der Waals surface area (Å²) in [4.78, 5) is 4.71. The first-order valence-corrected chi connectivity index (χ1v) is 13.7. The molecule has 9 nitrogen and oxygen atoms in total. The predicted octanol–water partition coefficient (Wildman–Crippen LogP) is 4.97. The van der Waals surface area contributed by atoms with Gasteiger partial charge in [0.25, 0.3) is 0 Å². The molecule has 41 heavy (non-hydrogen) atoms. The molecule has 2 aromatic carbocycles. The van der Waals surface area contributed by atoms with E-state index in [0.717, 1.165) is 57.5 Å². The molecule has 6 rings (SSSR count). The Labute approximate surface area is 238 Å². The highest BCUT2D eigenvalue weighted by molar-refractivity contribution is 6.19. The van der Waals surface area contributed by atoms with E-state index in [-0.39, 0.29) is 11.2 Å². The van der Waals surface area contributed by atoms with Crippen LogP contribution in [0.2, 0.25) is 0 Å². The maximum atomic E-state index is 14.0. The van der Waals surface area contributed by atoms with Gasteiger partial charge in [-0.1, -0.05) is 38.1 Å². The van der Waals surface area contributed by atoms with E-state index in [2.05, 4.69) is 58.0 Å². The van der Waals surface area contributed by atoms with Gasteiger partial charge in [-0.2, -0.15) is 10.4 Å². The van der Waals surface area contributed by atoms with E-state index < -0.39 is 5.44 Å². The van der Waals surface area contributed by atoms with E-state index in [1.165, 1.54) is 12.1 Å². The SMILES string of the molecule is BC(Nc1cc(-c2cn[nH]c2)c2ncc(C#N)c(NCC(C)(C)C)c2c1)(c1ccc(F)cc1)c1cn(C2CC2)nn1. The van der Waals surface area contributed by atoms with Gasteiger partial charge in [0.05, 0.1) is 40.6 Å². The van der Waals surface area contributed by atoms with Crippen LogP contribution in [-0.4, -0.2) is 44.6 Å². The molecule has 0 bridgehead atoms. The smallest absolute Gasteiger partial charge is 0.148 e. The fourth-order valence-corrected chi connectivity index (χ4v) is 5.00. The van der Waals surface area contributed by atoms with Crippen molar-refractivity contribution in [3.8, 4) is 17.2 Å². The molecule has 3 aromatic heterocycles. The minimum atomic E-state index is -0.846. The lowest BCUT2D eigenvalue weighted by Gasteiger charge is -2.31. The van der Waals surface area contributed by atoms with Crippen LogP contribution in [0, 0.1) is 22.6 Å². The second-order valence-electron chi connectivity index (χ2n) is 12.1. The van der Waals surface area contributed by atoms with E-state index in [1.807, 2.05) is 37.1 Å². The zero-order valence-electron chi connectivity index (χ0n) is 23.5. The zero-order valence-corrected chi connectivity index (χ0v) is 23.5. The lowest BCUT2D eigenvalue weighted by atomic mass is 9.69. The average Bonchev–Trinajstić information content (AvgIpc) is 3.42. The molecule has 1 aliphatic rings. The Hall–Kier alpha value is -4.72. The largest absolute Gasteiger partial charge is 0.383 e. The van der Waals surface area contributed by atoms with Crippen molar-refractivity contribution >= 4 is 30.1 Å². The van der Waals surface area contributed by atoms with Crippen molar-refractivity contribution in [2.24, 2.45) is 5.41 Å². The molecule has 1 atom stereocenters. The summed E-state index contributed by atoms with van der Waals surface area (Å²) in [6.45, 7) is 7.09. The molecule has 1 aliphatic carbocycles. The second-order valence-corrected chi connectivity index (χ2v) is 12.1. The highest BCUT2D eigenvalue weighted by atomic mass is 19.1. The number of fused-ring (bicyclic) bond motifs is 1. The molecule has 5 aromatic rings. The highest BCUT2D eigenvalue weighted by Gasteiger charge is 2.34. The van der Waals surface area contributed by atoms with Crippen LogP contribution in [0.5, 0.6) is 0 Å². The summed E-state index contributed by atoms with van der Waals surface area (Å²) >= 11 is 0. The summed E-state index contributed by atoms with van der Waals surface area (Å²) in [7, 11) is 2.02. The van der Waals surface area contributed by atoms with Crippen LogP contribution in [0.1, 0.15) is 56.5 Å². The number of halogens is 1. The summed E-state index contributed by atoms with van der Waals surface area (Å²) in [6, 6.07) is 13.1. The Balaban J connectivity index is 1.54. The summed E-state index contributed by atoms with van der Waals surface area (Å²) in [6.07, 6.45) is 9.32. The Kier molecular flexibility index (Phi) is 6.49. The van der Waals surface area contributed by atoms with Gasteiger partial charge in [0.2, 0.25) is 0 Å². The van der Waals surface area contributed by atoms with Gasteiger partial charge >= 0.3 is 0 Å². The van der Waals surface area contributed by atoms with Crippen molar-refractivity contribution in [1.82, 2.24) is 30.2 Å². The van der Waals surface area contributed by atoms with Crippen molar-refractivity contribution < 1.29 is 4.39 Å². The molecule has 1 fully saturated rings. The van der Waals surface area contributed by atoms with Crippen LogP contribution >= 0.6 is 0 Å². The van der Waals surface area contributed by atoms with E-state index in [1.54, 1.807) is 24.5 Å². The van der Waals surface area contributed by atoms with E-state index in [9.17, 15) is 9.65 Å². The van der Waals surface area contributed by atoms with E-state index in [4.69, 9.17) is 4.98 Å². The molecule has 0 radical (unpaired) electrons. The van der Waals surface area contributed by atoms with Gasteiger partial charge in [-0.05, 0) is 48.1 Å². The third kappa shape index (κ3) is 5.25. The molecule has 0 amide bonds. The number of aromatic amines is 1. The second kappa shape index (κ2) is 10.0. The number of nitrogens with one attached hydrogen (secondary N) is 3. The number of aromatic nitrogens is 6. The zero-order chi connectivity index (χ0) is 28.8. The Morgan fingerprint density at radius 1 is 1.17 bits per heavy atom.